The number of hydrogen-bond donors (Lipinski definition) is 2. The molecule has 0 bridgehead atoms. The Hall–Kier alpha value is -2.46. The second kappa shape index (κ2) is 9.19. The van der Waals surface area contributed by atoms with E-state index < -0.39 is 11.6 Å². The fraction of sp³-hybridized carbons (Fsp3) is 0.571. The van der Waals surface area contributed by atoms with Crippen molar-refractivity contribution in [1.82, 2.24) is 20.1 Å². The van der Waals surface area contributed by atoms with Gasteiger partial charge >= 0.3 is 6.09 Å². The first-order chi connectivity index (χ1) is 14.9. The minimum absolute atomic E-state index is 0.0345. The van der Waals surface area contributed by atoms with Crippen molar-refractivity contribution in [3.05, 3.63) is 22.4 Å². The molecule has 2 aromatic rings. The molecule has 9 nitrogen and oxygen atoms in total. The van der Waals surface area contributed by atoms with Gasteiger partial charge in [-0.3, -0.25) is 4.79 Å². The highest BCUT2D eigenvalue weighted by Gasteiger charge is 2.53. The number of carbonyl (C=O) groups is 2. The molecule has 1 saturated heterocycles. The van der Waals surface area contributed by atoms with Crippen molar-refractivity contribution in [3.63, 3.8) is 0 Å². The minimum atomic E-state index is -0.855. The summed E-state index contributed by atoms with van der Waals surface area (Å²) < 4.78 is 5.19. The maximum absolute atomic E-state index is 13.5. The number of anilines is 1. The molecule has 0 spiro atoms. The average molecular weight is 481 g/mol. The fourth-order valence-corrected chi connectivity index (χ4v) is 5.05. The number of nitrogens with zero attached hydrogens (tertiary/aromatic N) is 4. The second-order valence-electron chi connectivity index (χ2n) is 9.21. The second-order valence-corrected chi connectivity index (χ2v) is 10.6. The number of nitrogens with two attached hydrogens (primary N) is 1. The number of pyridine rings is 1. The van der Waals surface area contributed by atoms with Crippen molar-refractivity contribution in [2.75, 3.05) is 18.5 Å². The van der Waals surface area contributed by atoms with Gasteiger partial charge in [0, 0.05) is 24.5 Å². The van der Waals surface area contributed by atoms with E-state index in [4.69, 9.17) is 22.1 Å². The number of hydrogen-bond acceptors (Lipinski definition) is 8. The highest BCUT2D eigenvalue weighted by molar-refractivity contribution is 7.16. The van der Waals surface area contributed by atoms with Crippen LogP contribution in [0.4, 0.5) is 10.5 Å². The molecule has 32 heavy (non-hydrogen) atoms. The number of aromatic nitrogens is 3. The number of amides is 2. The molecular formula is C21H29ClN6O3S. The number of carbonyl (C=O) groups excluding carboxylic acids is 2. The smallest absolute Gasteiger partial charge is 0.404 e. The first kappa shape index (κ1) is 24.2. The standard InChI is InChI=1S/C21H29ClN6O3S/c1-12(2)25-14-9-15(22)24-10-13(14)16-26-27-17(32-16)18(29)28-8-6-7-21(28,20(3,4)5)11-31-19(23)30/h9-10,12H,6-8,11H2,1-5H3,(H2,23,30)(H,24,25). The van der Waals surface area contributed by atoms with E-state index in [9.17, 15) is 9.59 Å². The zero-order valence-electron chi connectivity index (χ0n) is 18.9. The summed E-state index contributed by atoms with van der Waals surface area (Å²) in [5.74, 6) is -0.241. The lowest BCUT2D eigenvalue weighted by atomic mass is 9.72. The molecule has 3 N–H and O–H groups in total. The monoisotopic (exact) mass is 480 g/mol. The van der Waals surface area contributed by atoms with Crippen LogP contribution < -0.4 is 11.1 Å². The fourth-order valence-electron chi connectivity index (χ4n) is 4.08. The van der Waals surface area contributed by atoms with Crippen molar-refractivity contribution >= 4 is 40.6 Å². The van der Waals surface area contributed by atoms with Gasteiger partial charge < -0.3 is 20.7 Å². The lowest BCUT2D eigenvalue weighted by molar-refractivity contribution is -0.0163. The summed E-state index contributed by atoms with van der Waals surface area (Å²) in [6, 6.07) is 1.90. The van der Waals surface area contributed by atoms with Crippen molar-refractivity contribution < 1.29 is 14.3 Å². The largest absolute Gasteiger partial charge is 0.447 e. The Kier molecular flexibility index (Phi) is 6.94. The summed E-state index contributed by atoms with van der Waals surface area (Å²) in [4.78, 5) is 30.8. The summed E-state index contributed by atoms with van der Waals surface area (Å²) in [5, 5.41) is 12.9. The summed E-state index contributed by atoms with van der Waals surface area (Å²) in [6.45, 7) is 10.7. The van der Waals surface area contributed by atoms with Crippen LogP contribution >= 0.6 is 22.9 Å². The number of primary amides is 1. The predicted octanol–water partition coefficient (Wildman–Crippen LogP) is 4.19. The molecule has 174 valence electrons. The van der Waals surface area contributed by atoms with E-state index in [1.807, 2.05) is 34.6 Å². The number of likely N-dealkylation sites (tertiary alicyclic amines) is 1. The number of nitrogens with one attached hydrogen (secondary N) is 1. The molecule has 3 heterocycles. The topological polar surface area (TPSA) is 123 Å². The van der Waals surface area contributed by atoms with Crippen LogP contribution in [-0.2, 0) is 4.74 Å². The molecule has 1 atom stereocenters. The quantitative estimate of drug-likeness (QED) is 0.594. The van der Waals surface area contributed by atoms with Gasteiger partial charge in [-0.15, -0.1) is 10.2 Å². The Bertz CT molecular complexity index is 1010. The lowest BCUT2D eigenvalue weighted by Gasteiger charge is -2.47. The summed E-state index contributed by atoms with van der Waals surface area (Å²) >= 11 is 7.26. The van der Waals surface area contributed by atoms with Gasteiger partial charge in [0.15, 0.2) is 5.01 Å². The molecular weight excluding hydrogens is 452 g/mol. The number of halogens is 1. The molecule has 1 aliphatic heterocycles. The Morgan fingerprint density at radius 3 is 2.72 bits per heavy atom. The molecule has 0 saturated carbocycles. The molecule has 1 unspecified atom stereocenters. The van der Waals surface area contributed by atoms with Gasteiger partial charge in [0.2, 0.25) is 5.01 Å². The summed E-state index contributed by atoms with van der Waals surface area (Å²) in [5.41, 5.74) is 5.69. The first-order valence-corrected chi connectivity index (χ1v) is 11.6. The Morgan fingerprint density at radius 1 is 1.38 bits per heavy atom. The first-order valence-electron chi connectivity index (χ1n) is 10.4. The zero-order valence-corrected chi connectivity index (χ0v) is 20.5. The van der Waals surface area contributed by atoms with Gasteiger partial charge in [-0.2, -0.15) is 0 Å². The Labute approximate surface area is 196 Å². The third-order valence-electron chi connectivity index (χ3n) is 5.74. The minimum Gasteiger partial charge on any atom is -0.447 e. The van der Waals surface area contributed by atoms with Crippen LogP contribution in [0.3, 0.4) is 0 Å². The van der Waals surface area contributed by atoms with Gasteiger partial charge in [-0.05, 0) is 38.2 Å². The highest BCUT2D eigenvalue weighted by Crippen LogP contribution is 2.45. The Balaban J connectivity index is 1.94. The molecule has 0 aromatic carbocycles. The number of ether oxygens (including phenoxy) is 1. The van der Waals surface area contributed by atoms with Gasteiger partial charge in [-0.1, -0.05) is 43.7 Å². The van der Waals surface area contributed by atoms with Crippen LogP contribution in [0.15, 0.2) is 12.3 Å². The third-order valence-corrected chi connectivity index (χ3v) is 6.89. The van der Waals surface area contributed by atoms with Crippen molar-refractivity contribution in [2.24, 2.45) is 11.1 Å². The zero-order chi connectivity index (χ0) is 23.7. The van der Waals surface area contributed by atoms with E-state index in [0.29, 0.717) is 23.1 Å². The maximum atomic E-state index is 13.5. The molecule has 11 heteroatoms. The predicted molar refractivity (Wildman–Crippen MR) is 125 cm³/mol. The molecule has 0 aliphatic carbocycles. The van der Waals surface area contributed by atoms with E-state index in [0.717, 1.165) is 17.7 Å². The van der Waals surface area contributed by atoms with E-state index in [-0.39, 0.29) is 29.0 Å². The SMILES string of the molecule is CC(C)Nc1cc(Cl)ncc1-c1nnc(C(=O)N2CCCC2(COC(N)=O)C(C)(C)C)s1. The van der Waals surface area contributed by atoms with Gasteiger partial charge in [0.05, 0.1) is 11.1 Å². The molecule has 1 fully saturated rings. The van der Waals surface area contributed by atoms with Gasteiger partial charge in [0.25, 0.3) is 5.91 Å². The van der Waals surface area contributed by atoms with Gasteiger partial charge in [0.1, 0.15) is 11.8 Å². The van der Waals surface area contributed by atoms with Crippen molar-refractivity contribution in [3.8, 4) is 10.6 Å². The van der Waals surface area contributed by atoms with Crippen molar-refractivity contribution in [2.45, 2.75) is 59.0 Å². The van der Waals surface area contributed by atoms with Crippen LogP contribution in [-0.4, -0.2) is 56.8 Å². The average Bonchev–Trinajstić information content (AvgIpc) is 3.33. The van der Waals surface area contributed by atoms with E-state index in [1.165, 1.54) is 11.3 Å². The van der Waals surface area contributed by atoms with Crippen LogP contribution in [0.2, 0.25) is 5.15 Å². The normalized spacial score (nSPS) is 18.8. The molecule has 1 aliphatic rings. The molecule has 2 amide bonds. The van der Waals surface area contributed by atoms with E-state index in [2.05, 4.69) is 20.5 Å². The third kappa shape index (κ3) is 4.80. The van der Waals surface area contributed by atoms with E-state index >= 15 is 0 Å². The Morgan fingerprint density at radius 2 is 2.09 bits per heavy atom. The van der Waals surface area contributed by atoms with Crippen LogP contribution in [0.5, 0.6) is 0 Å². The summed E-state index contributed by atoms with van der Waals surface area (Å²) in [7, 11) is 0. The van der Waals surface area contributed by atoms with E-state index in [1.54, 1.807) is 17.2 Å². The van der Waals surface area contributed by atoms with Gasteiger partial charge in [-0.25, -0.2) is 9.78 Å². The summed E-state index contributed by atoms with van der Waals surface area (Å²) in [6.07, 6.45) is 2.26. The maximum Gasteiger partial charge on any atom is 0.404 e. The van der Waals surface area contributed by atoms with Crippen LogP contribution in [0.1, 0.15) is 57.3 Å². The molecule has 0 radical (unpaired) electrons. The number of rotatable bonds is 6. The highest BCUT2D eigenvalue weighted by atomic mass is 35.5. The molecule has 2 aromatic heterocycles. The molecule has 3 rings (SSSR count). The van der Waals surface area contributed by atoms with Crippen LogP contribution in [0.25, 0.3) is 10.6 Å². The lowest BCUT2D eigenvalue weighted by Crippen LogP contribution is -2.59. The van der Waals surface area contributed by atoms with Crippen molar-refractivity contribution in [1.29, 1.82) is 0 Å². The van der Waals surface area contributed by atoms with Crippen LogP contribution in [0, 0.1) is 5.41 Å².